The van der Waals surface area contributed by atoms with E-state index in [1.165, 1.54) is 13.8 Å². The van der Waals surface area contributed by atoms with Crippen molar-refractivity contribution in [2.45, 2.75) is 13.8 Å². The highest BCUT2D eigenvalue weighted by Crippen LogP contribution is 2.19. The third-order valence-electron chi connectivity index (χ3n) is 3.24. The first-order valence-electron chi connectivity index (χ1n) is 7.02. The predicted octanol–water partition coefficient (Wildman–Crippen LogP) is 3.34. The van der Waals surface area contributed by atoms with E-state index in [1.54, 1.807) is 23.9 Å². The molecule has 0 spiro atoms. The number of carbonyl (C=O) groups is 2. The largest absolute Gasteiger partial charge is 0.316 e. The lowest BCUT2D eigenvalue weighted by atomic mass is 10.2. The summed E-state index contributed by atoms with van der Waals surface area (Å²) < 4.78 is 0. The lowest BCUT2D eigenvalue weighted by Crippen LogP contribution is -2.24. The van der Waals surface area contributed by atoms with Gasteiger partial charge >= 0.3 is 0 Å². The number of nitrogens with zero attached hydrogens (tertiary/aromatic N) is 2. The highest BCUT2D eigenvalue weighted by molar-refractivity contribution is 5.93. The Morgan fingerprint density at radius 3 is 1.05 bits per heavy atom. The summed E-state index contributed by atoms with van der Waals surface area (Å²) in [5.74, 6) is -0.0413. The molecule has 0 N–H and O–H groups in total. The van der Waals surface area contributed by atoms with Gasteiger partial charge in [0, 0.05) is 39.3 Å². The molecule has 2 rings (SSSR count). The molecule has 0 heterocycles. The number of hydrogen-bond acceptors (Lipinski definition) is 2. The maximum absolute atomic E-state index is 11.1. The van der Waals surface area contributed by atoms with Gasteiger partial charge in [0.1, 0.15) is 0 Å². The Morgan fingerprint density at radius 2 is 0.864 bits per heavy atom. The lowest BCUT2D eigenvalue weighted by Gasteiger charge is -2.18. The molecule has 4 nitrogen and oxygen atoms in total. The molecule has 0 radical (unpaired) electrons. The molecule has 2 aromatic carbocycles. The van der Waals surface area contributed by atoms with Crippen molar-refractivity contribution in [2.75, 3.05) is 23.9 Å². The highest BCUT2D eigenvalue weighted by Gasteiger charge is 2.08. The fourth-order valence-corrected chi connectivity index (χ4v) is 1.65. The first-order valence-corrected chi connectivity index (χ1v) is 7.02. The number of amides is 2. The molecule has 0 saturated heterocycles. The van der Waals surface area contributed by atoms with Crippen LogP contribution in [0.1, 0.15) is 13.8 Å². The van der Waals surface area contributed by atoms with Gasteiger partial charge in [0.25, 0.3) is 0 Å². The molecule has 0 aromatic heterocycles. The van der Waals surface area contributed by atoms with Gasteiger partial charge in [-0.1, -0.05) is 36.4 Å². The highest BCUT2D eigenvalue weighted by atomic mass is 16.2. The summed E-state index contributed by atoms with van der Waals surface area (Å²) in [6, 6.07) is 19.3. The van der Waals surface area contributed by atoms with E-state index in [-0.39, 0.29) is 11.8 Å². The molecule has 0 bridgehead atoms. The van der Waals surface area contributed by atoms with Crippen LogP contribution in [0.3, 0.4) is 0 Å². The van der Waals surface area contributed by atoms with E-state index < -0.39 is 0 Å². The van der Waals surface area contributed by atoms with Gasteiger partial charge < -0.3 is 9.80 Å². The summed E-state index contributed by atoms with van der Waals surface area (Å²) in [6.07, 6.45) is 0. The van der Waals surface area contributed by atoms with Crippen molar-refractivity contribution < 1.29 is 9.59 Å². The van der Waals surface area contributed by atoms with Crippen LogP contribution in [0.25, 0.3) is 0 Å². The lowest BCUT2D eigenvalue weighted by molar-refractivity contribution is -0.117. The van der Waals surface area contributed by atoms with Gasteiger partial charge in [-0.25, -0.2) is 0 Å². The van der Waals surface area contributed by atoms with Crippen molar-refractivity contribution in [3.63, 3.8) is 0 Å². The SMILES string of the molecule is CC(=O)N(C)c1ccc(N(C)C(C)=O)cc1.c1ccccc1. The second kappa shape index (κ2) is 8.62. The normalized spacial score (nSPS) is 9.27. The Morgan fingerprint density at radius 1 is 0.636 bits per heavy atom. The van der Waals surface area contributed by atoms with Crippen LogP contribution >= 0.6 is 0 Å². The van der Waals surface area contributed by atoms with E-state index in [4.69, 9.17) is 0 Å². The zero-order valence-corrected chi connectivity index (χ0v) is 13.5. The molecule has 0 fully saturated rings. The monoisotopic (exact) mass is 298 g/mol. The van der Waals surface area contributed by atoms with Gasteiger partial charge in [0.05, 0.1) is 0 Å². The summed E-state index contributed by atoms with van der Waals surface area (Å²) in [7, 11) is 3.43. The smallest absolute Gasteiger partial charge is 0.223 e. The van der Waals surface area contributed by atoms with Gasteiger partial charge in [-0.3, -0.25) is 9.59 Å². The molecule has 0 unspecified atom stereocenters. The summed E-state index contributed by atoms with van der Waals surface area (Å²) in [5, 5.41) is 0. The number of benzene rings is 2. The fourth-order valence-electron chi connectivity index (χ4n) is 1.65. The Kier molecular flexibility index (Phi) is 6.83. The molecule has 0 atom stereocenters. The van der Waals surface area contributed by atoms with Gasteiger partial charge in [0.2, 0.25) is 11.8 Å². The average Bonchev–Trinajstić information content (AvgIpc) is 2.55. The minimum atomic E-state index is -0.0207. The van der Waals surface area contributed by atoms with E-state index in [0.29, 0.717) is 0 Å². The van der Waals surface area contributed by atoms with E-state index in [1.807, 2.05) is 60.7 Å². The number of carbonyl (C=O) groups excluding carboxylic acids is 2. The van der Waals surface area contributed by atoms with Crippen molar-refractivity contribution in [1.29, 1.82) is 0 Å². The van der Waals surface area contributed by atoms with Crippen LogP contribution in [0.5, 0.6) is 0 Å². The first-order chi connectivity index (χ1) is 10.4. The van der Waals surface area contributed by atoms with E-state index in [0.717, 1.165) is 11.4 Å². The minimum Gasteiger partial charge on any atom is -0.316 e. The van der Waals surface area contributed by atoms with Crippen LogP contribution < -0.4 is 9.80 Å². The second-order valence-corrected chi connectivity index (χ2v) is 4.83. The Hall–Kier alpha value is -2.62. The van der Waals surface area contributed by atoms with Crippen LogP contribution in [-0.4, -0.2) is 25.9 Å². The Bertz CT molecular complexity index is 529. The standard InChI is InChI=1S/C12H16N2O2.C6H6/c1-9(15)13(3)11-5-7-12(8-6-11)14(4)10(2)16;1-2-4-6-5-3-1/h5-8H,1-4H3;1-6H. The van der Waals surface area contributed by atoms with Gasteiger partial charge in [-0.2, -0.15) is 0 Å². The third kappa shape index (κ3) is 5.40. The minimum absolute atomic E-state index is 0.0207. The average molecular weight is 298 g/mol. The summed E-state index contributed by atoms with van der Waals surface area (Å²) in [4.78, 5) is 25.4. The maximum atomic E-state index is 11.1. The molecule has 0 aliphatic carbocycles. The van der Waals surface area contributed by atoms with Crippen LogP contribution in [0.2, 0.25) is 0 Å². The molecule has 2 aromatic rings. The zero-order chi connectivity index (χ0) is 16.5. The Balaban J connectivity index is 0.000000335. The summed E-state index contributed by atoms with van der Waals surface area (Å²) >= 11 is 0. The van der Waals surface area contributed by atoms with Crippen molar-refractivity contribution >= 4 is 23.2 Å². The predicted molar refractivity (Wildman–Crippen MR) is 91.1 cm³/mol. The topological polar surface area (TPSA) is 40.6 Å². The van der Waals surface area contributed by atoms with Gasteiger partial charge in [-0.05, 0) is 24.3 Å². The van der Waals surface area contributed by atoms with Crippen molar-refractivity contribution in [2.24, 2.45) is 0 Å². The molecule has 0 aliphatic heterocycles. The van der Waals surface area contributed by atoms with Crippen LogP contribution in [0, 0.1) is 0 Å². The molecule has 0 saturated carbocycles. The molecular weight excluding hydrogens is 276 g/mol. The zero-order valence-electron chi connectivity index (χ0n) is 13.5. The van der Waals surface area contributed by atoms with Crippen LogP contribution in [-0.2, 0) is 9.59 Å². The fraction of sp³-hybridized carbons (Fsp3) is 0.222. The summed E-state index contributed by atoms with van der Waals surface area (Å²) in [6.45, 7) is 3.02. The third-order valence-corrected chi connectivity index (χ3v) is 3.24. The number of hydrogen-bond donors (Lipinski definition) is 0. The van der Waals surface area contributed by atoms with Gasteiger partial charge in [0.15, 0.2) is 0 Å². The molecule has 4 heteroatoms. The quantitative estimate of drug-likeness (QED) is 0.853. The molecule has 0 aliphatic rings. The van der Waals surface area contributed by atoms with E-state index in [2.05, 4.69) is 0 Å². The van der Waals surface area contributed by atoms with Crippen molar-refractivity contribution in [1.82, 2.24) is 0 Å². The van der Waals surface area contributed by atoms with Crippen LogP contribution in [0.4, 0.5) is 11.4 Å². The van der Waals surface area contributed by atoms with Crippen LogP contribution in [0.15, 0.2) is 60.7 Å². The first kappa shape index (κ1) is 17.4. The number of anilines is 2. The maximum Gasteiger partial charge on any atom is 0.223 e. The molecule has 116 valence electrons. The van der Waals surface area contributed by atoms with Crippen molar-refractivity contribution in [3.8, 4) is 0 Å². The molecule has 22 heavy (non-hydrogen) atoms. The van der Waals surface area contributed by atoms with Crippen molar-refractivity contribution in [3.05, 3.63) is 60.7 Å². The summed E-state index contributed by atoms with van der Waals surface area (Å²) in [5.41, 5.74) is 1.63. The van der Waals surface area contributed by atoms with Gasteiger partial charge in [-0.15, -0.1) is 0 Å². The molecular formula is C18H22N2O2. The number of rotatable bonds is 2. The Labute approximate surface area is 132 Å². The molecule has 2 amide bonds. The van der Waals surface area contributed by atoms with E-state index >= 15 is 0 Å². The second-order valence-electron chi connectivity index (χ2n) is 4.83. The van der Waals surface area contributed by atoms with E-state index in [9.17, 15) is 9.59 Å².